The Morgan fingerprint density at radius 2 is 1.95 bits per heavy atom. The van der Waals surface area contributed by atoms with Gasteiger partial charge in [-0.15, -0.1) is 0 Å². The second-order valence-electron chi connectivity index (χ2n) is 5.20. The van der Waals surface area contributed by atoms with Crippen molar-refractivity contribution >= 4 is 6.08 Å². The Bertz CT molecular complexity index is 569. The van der Waals surface area contributed by atoms with Gasteiger partial charge in [0.1, 0.15) is 0 Å². The van der Waals surface area contributed by atoms with Gasteiger partial charge in [-0.05, 0) is 60.4 Å². The lowest BCUT2D eigenvalue weighted by molar-refractivity contribution is 0.685. The van der Waals surface area contributed by atoms with Crippen molar-refractivity contribution in [3.63, 3.8) is 0 Å². The molecule has 1 nitrogen and oxygen atoms in total. The molecule has 2 aromatic rings. The number of aromatic nitrogens is 1. The predicted octanol–water partition coefficient (Wildman–Crippen LogP) is 4.22. The summed E-state index contributed by atoms with van der Waals surface area (Å²) in [7, 11) is 0. The summed E-state index contributed by atoms with van der Waals surface area (Å²) in [6.07, 6.45) is 14.3. The van der Waals surface area contributed by atoms with Gasteiger partial charge in [0, 0.05) is 12.4 Å². The molecule has 0 amide bonds. The van der Waals surface area contributed by atoms with Crippen molar-refractivity contribution in [2.45, 2.75) is 32.1 Å². The van der Waals surface area contributed by atoms with E-state index >= 15 is 0 Å². The molecule has 0 N–H and O–H groups in total. The first-order valence-electron chi connectivity index (χ1n) is 7.09. The molecule has 0 saturated heterocycles. The summed E-state index contributed by atoms with van der Waals surface area (Å²) in [5.41, 5.74) is 5.69. The lowest BCUT2D eigenvalue weighted by atomic mass is 9.90. The van der Waals surface area contributed by atoms with E-state index < -0.39 is 0 Å². The fourth-order valence-corrected chi connectivity index (χ4v) is 2.71. The summed E-state index contributed by atoms with van der Waals surface area (Å²) in [5.74, 6) is 0. The second-order valence-corrected chi connectivity index (χ2v) is 5.20. The van der Waals surface area contributed by atoms with E-state index in [0.29, 0.717) is 0 Å². The molecule has 0 bridgehead atoms. The quantitative estimate of drug-likeness (QED) is 0.793. The van der Waals surface area contributed by atoms with Crippen molar-refractivity contribution in [3.8, 4) is 0 Å². The number of benzene rings is 1. The minimum Gasteiger partial charge on any atom is -0.264 e. The van der Waals surface area contributed by atoms with Gasteiger partial charge in [-0.3, -0.25) is 4.98 Å². The Morgan fingerprint density at radius 3 is 2.79 bits per heavy atom. The zero-order valence-corrected chi connectivity index (χ0v) is 11.2. The molecule has 3 rings (SSSR count). The smallest absolute Gasteiger partial charge is 0.0303 e. The summed E-state index contributed by atoms with van der Waals surface area (Å²) in [6, 6.07) is 11.0. The van der Waals surface area contributed by atoms with Crippen LogP contribution in [0.25, 0.3) is 6.08 Å². The maximum absolute atomic E-state index is 4.13. The van der Waals surface area contributed by atoms with Crippen LogP contribution in [0.4, 0.5) is 0 Å². The lowest BCUT2D eigenvalue weighted by Crippen LogP contribution is -2.02. The van der Waals surface area contributed by atoms with Gasteiger partial charge in [-0.25, -0.2) is 0 Å². The molecule has 0 radical (unpaired) electrons. The van der Waals surface area contributed by atoms with Crippen molar-refractivity contribution in [2.75, 3.05) is 0 Å². The molecule has 0 unspecified atom stereocenters. The van der Waals surface area contributed by atoms with Crippen molar-refractivity contribution in [1.82, 2.24) is 4.98 Å². The molecule has 1 aromatic carbocycles. The maximum Gasteiger partial charge on any atom is 0.0303 e. The highest BCUT2D eigenvalue weighted by atomic mass is 14.6. The van der Waals surface area contributed by atoms with Crippen LogP contribution < -0.4 is 0 Å². The molecule has 1 aromatic heterocycles. The van der Waals surface area contributed by atoms with Crippen LogP contribution in [0.2, 0.25) is 0 Å². The molecule has 1 aliphatic carbocycles. The number of rotatable bonds is 3. The van der Waals surface area contributed by atoms with Gasteiger partial charge in [0.2, 0.25) is 0 Å². The molecular formula is C18H19N. The Kier molecular flexibility index (Phi) is 3.73. The minimum atomic E-state index is 0.949. The zero-order valence-electron chi connectivity index (χ0n) is 11.2. The minimum absolute atomic E-state index is 0.949. The molecular weight excluding hydrogens is 230 g/mol. The van der Waals surface area contributed by atoms with E-state index in [9.17, 15) is 0 Å². The molecule has 0 spiro atoms. The number of pyridine rings is 1. The van der Waals surface area contributed by atoms with Crippen LogP contribution in [-0.4, -0.2) is 4.98 Å². The van der Waals surface area contributed by atoms with E-state index in [0.717, 1.165) is 6.42 Å². The van der Waals surface area contributed by atoms with Crippen molar-refractivity contribution in [3.05, 3.63) is 71.1 Å². The monoisotopic (exact) mass is 249 g/mol. The van der Waals surface area contributed by atoms with Gasteiger partial charge in [0.25, 0.3) is 0 Å². The fraction of sp³-hybridized carbons (Fsp3) is 0.278. The van der Waals surface area contributed by atoms with Crippen LogP contribution in [0.3, 0.4) is 0 Å². The third-order valence-corrected chi connectivity index (χ3v) is 3.76. The third kappa shape index (κ3) is 3.11. The van der Waals surface area contributed by atoms with E-state index in [1.165, 1.54) is 36.8 Å². The summed E-state index contributed by atoms with van der Waals surface area (Å²) in [4.78, 5) is 4.13. The third-order valence-electron chi connectivity index (χ3n) is 3.76. The first kappa shape index (κ1) is 12.2. The Labute approximate surface area is 115 Å². The molecule has 0 saturated carbocycles. The SMILES string of the molecule is C(=C/c1ccc2c(c1)CCCC2)/Cc1cccnc1. The van der Waals surface area contributed by atoms with Crippen molar-refractivity contribution in [1.29, 1.82) is 0 Å². The van der Waals surface area contributed by atoms with Crippen molar-refractivity contribution < 1.29 is 0 Å². The largest absolute Gasteiger partial charge is 0.264 e. The second kappa shape index (κ2) is 5.83. The van der Waals surface area contributed by atoms with Crippen LogP contribution >= 0.6 is 0 Å². The highest BCUT2D eigenvalue weighted by molar-refractivity contribution is 5.52. The Morgan fingerprint density at radius 1 is 1.05 bits per heavy atom. The number of aryl methyl sites for hydroxylation is 2. The molecule has 1 heteroatoms. The number of hydrogen-bond acceptors (Lipinski definition) is 1. The normalized spacial score (nSPS) is 14.5. The van der Waals surface area contributed by atoms with Crippen LogP contribution in [0, 0.1) is 0 Å². The zero-order chi connectivity index (χ0) is 12.9. The predicted molar refractivity (Wildman–Crippen MR) is 80.1 cm³/mol. The molecule has 0 fully saturated rings. The maximum atomic E-state index is 4.13. The molecule has 96 valence electrons. The highest BCUT2D eigenvalue weighted by Gasteiger charge is 2.08. The summed E-state index contributed by atoms with van der Waals surface area (Å²) >= 11 is 0. The topological polar surface area (TPSA) is 12.9 Å². The fourth-order valence-electron chi connectivity index (χ4n) is 2.71. The van der Waals surface area contributed by atoms with Gasteiger partial charge >= 0.3 is 0 Å². The van der Waals surface area contributed by atoms with Crippen LogP contribution in [0.5, 0.6) is 0 Å². The average molecular weight is 249 g/mol. The standard InChI is InChI=1S/C18H19N/c1-2-9-18-13-15(10-11-17(18)8-1)5-3-6-16-7-4-12-19-14-16/h3-5,7,10-14H,1-2,6,8-9H2/b5-3-. The summed E-state index contributed by atoms with van der Waals surface area (Å²) in [5, 5.41) is 0. The van der Waals surface area contributed by atoms with E-state index in [1.54, 1.807) is 11.1 Å². The summed E-state index contributed by atoms with van der Waals surface area (Å²) < 4.78 is 0. The number of fused-ring (bicyclic) bond motifs is 1. The average Bonchev–Trinajstić information content (AvgIpc) is 2.48. The van der Waals surface area contributed by atoms with Gasteiger partial charge in [0.15, 0.2) is 0 Å². The number of hydrogen-bond donors (Lipinski definition) is 0. The van der Waals surface area contributed by atoms with Gasteiger partial charge in [-0.2, -0.15) is 0 Å². The number of allylic oxidation sites excluding steroid dienone is 1. The Hall–Kier alpha value is -1.89. The van der Waals surface area contributed by atoms with Crippen LogP contribution in [0.15, 0.2) is 48.8 Å². The van der Waals surface area contributed by atoms with Crippen LogP contribution in [0.1, 0.15) is 35.1 Å². The van der Waals surface area contributed by atoms with Crippen molar-refractivity contribution in [2.24, 2.45) is 0 Å². The lowest BCUT2D eigenvalue weighted by Gasteiger charge is -2.15. The Balaban J connectivity index is 1.69. The van der Waals surface area contributed by atoms with Gasteiger partial charge in [-0.1, -0.05) is 36.4 Å². The number of nitrogens with zero attached hydrogens (tertiary/aromatic N) is 1. The highest BCUT2D eigenvalue weighted by Crippen LogP contribution is 2.22. The van der Waals surface area contributed by atoms with E-state index in [4.69, 9.17) is 0 Å². The molecule has 19 heavy (non-hydrogen) atoms. The van der Waals surface area contributed by atoms with Gasteiger partial charge in [0.05, 0.1) is 0 Å². The van der Waals surface area contributed by atoms with E-state index in [2.05, 4.69) is 41.4 Å². The van der Waals surface area contributed by atoms with E-state index in [1.807, 2.05) is 18.5 Å². The first-order chi connectivity index (χ1) is 9.42. The molecule has 1 heterocycles. The van der Waals surface area contributed by atoms with Gasteiger partial charge < -0.3 is 0 Å². The molecule has 0 aliphatic heterocycles. The molecule has 0 atom stereocenters. The first-order valence-corrected chi connectivity index (χ1v) is 7.09. The summed E-state index contributed by atoms with van der Waals surface area (Å²) in [6.45, 7) is 0. The van der Waals surface area contributed by atoms with Crippen LogP contribution in [-0.2, 0) is 19.3 Å². The molecule has 1 aliphatic rings. The van der Waals surface area contributed by atoms with E-state index in [-0.39, 0.29) is 0 Å².